The molecule has 1 amide bonds. The molecule has 116 valence electrons. The van der Waals surface area contributed by atoms with Crippen LogP contribution in [0.3, 0.4) is 0 Å². The lowest BCUT2D eigenvalue weighted by Crippen LogP contribution is -2.25. The van der Waals surface area contributed by atoms with Gasteiger partial charge in [0.25, 0.3) is 5.91 Å². The van der Waals surface area contributed by atoms with Gasteiger partial charge in [-0.3, -0.25) is 4.79 Å². The van der Waals surface area contributed by atoms with Gasteiger partial charge < -0.3 is 9.52 Å². The molecule has 1 N–H and O–H groups in total. The van der Waals surface area contributed by atoms with Gasteiger partial charge in [0.15, 0.2) is 0 Å². The molecule has 1 aliphatic heterocycles. The van der Waals surface area contributed by atoms with Crippen LogP contribution in [0, 0.1) is 0 Å². The van der Waals surface area contributed by atoms with Crippen LogP contribution in [0.15, 0.2) is 70.4 Å². The Hall–Kier alpha value is -3.15. The SMILES string of the molecule is O=C(O)C=CC(=O)N1N=C(c2ccccc2)C[C@H]1c1ccco1. The number of amides is 1. The summed E-state index contributed by atoms with van der Waals surface area (Å²) in [5.74, 6) is -1.07. The third-order valence-electron chi connectivity index (χ3n) is 3.48. The predicted molar refractivity (Wildman–Crippen MR) is 82.7 cm³/mol. The number of carboxylic acid groups (broad SMARTS) is 1. The molecule has 23 heavy (non-hydrogen) atoms. The predicted octanol–water partition coefficient (Wildman–Crippen LogP) is 2.60. The van der Waals surface area contributed by atoms with Crippen molar-refractivity contribution >= 4 is 17.6 Å². The Bertz CT molecular complexity index is 763. The Morgan fingerprint density at radius 1 is 1.17 bits per heavy atom. The maximum Gasteiger partial charge on any atom is 0.328 e. The normalized spacial score (nSPS) is 17.5. The van der Waals surface area contributed by atoms with Crippen LogP contribution < -0.4 is 0 Å². The number of furan rings is 1. The van der Waals surface area contributed by atoms with E-state index in [0.29, 0.717) is 12.2 Å². The van der Waals surface area contributed by atoms with Crippen molar-refractivity contribution in [2.75, 3.05) is 0 Å². The standard InChI is InChI=1S/C17H14N2O4/c20-16(8-9-17(21)22)19-14(15-7-4-10-23-15)11-13(18-19)12-5-2-1-3-6-12/h1-10,14H,11H2,(H,21,22)/t14-/m0/s1. The zero-order valence-electron chi connectivity index (χ0n) is 12.1. The van der Waals surface area contributed by atoms with Crippen LogP contribution in [0.2, 0.25) is 0 Å². The molecule has 0 bridgehead atoms. The minimum atomic E-state index is -1.18. The van der Waals surface area contributed by atoms with E-state index in [9.17, 15) is 9.59 Å². The molecule has 0 saturated heterocycles. The Labute approximate surface area is 132 Å². The summed E-state index contributed by atoms with van der Waals surface area (Å²) in [4.78, 5) is 22.9. The van der Waals surface area contributed by atoms with E-state index in [1.807, 2.05) is 30.3 Å². The van der Waals surface area contributed by atoms with Gasteiger partial charge in [-0.15, -0.1) is 0 Å². The molecule has 1 atom stereocenters. The molecule has 0 aliphatic carbocycles. The largest absolute Gasteiger partial charge is 0.478 e. The average Bonchev–Trinajstić information content (AvgIpc) is 3.22. The minimum Gasteiger partial charge on any atom is -0.478 e. The van der Waals surface area contributed by atoms with Gasteiger partial charge in [0.05, 0.1) is 12.0 Å². The van der Waals surface area contributed by atoms with Crippen LogP contribution in [0.25, 0.3) is 0 Å². The molecule has 1 aromatic heterocycles. The number of carboxylic acids is 1. The van der Waals surface area contributed by atoms with Gasteiger partial charge in [-0.25, -0.2) is 9.80 Å². The smallest absolute Gasteiger partial charge is 0.328 e. The summed E-state index contributed by atoms with van der Waals surface area (Å²) in [5, 5.41) is 14.3. The Morgan fingerprint density at radius 3 is 2.61 bits per heavy atom. The lowest BCUT2D eigenvalue weighted by molar-refractivity contribution is -0.132. The highest BCUT2D eigenvalue weighted by atomic mass is 16.4. The molecule has 0 fully saturated rings. The quantitative estimate of drug-likeness (QED) is 0.880. The van der Waals surface area contributed by atoms with E-state index in [1.54, 1.807) is 12.1 Å². The number of aliphatic carboxylic acids is 1. The zero-order valence-corrected chi connectivity index (χ0v) is 12.1. The van der Waals surface area contributed by atoms with Crippen molar-refractivity contribution in [3.05, 3.63) is 72.2 Å². The highest BCUT2D eigenvalue weighted by molar-refractivity contribution is 6.04. The molecule has 0 spiro atoms. The summed E-state index contributed by atoms with van der Waals surface area (Å²) in [6.07, 6.45) is 3.84. The summed E-state index contributed by atoms with van der Waals surface area (Å²) in [7, 11) is 0. The first-order valence-corrected chi connectivity index (χ1v) is 7.05. The number of nitrogens with zero attached hydrogens (tertiary/aromatic N) is 2. The molecular formula is C17H14N2O4. The van der Waals surface area contributed by atoms with Gasteiger partial charge in [-0.05, 0) is 17.7 Å². The fourth-order valence-electron chi connectivity index (χ4n) is 2.44. The number of hydrazone groups is 1. The van der Waals surface area contributed by atoms with Crippen molar-refractivity contribution in [1.29, 1.82) is 0 Å². The second-order valence-corrected chi connectivity index (χ2v) is 5.00. The molecule has 1 aromatic carbocycles. The highest BCUT2D eigenvalue weighted by Gasteiger charge is 2.33. The monoisotopic (exact) mass is 310 g/mol. The second-order valence-electron chi connectivity index (χ2n) is 5.00. The average molecular weight is 310 g/mol. The fourth-order valence-corrected chi connectivity index (χ4v) is 2.44. The van der Waals surface area contributed by atoms with E-state index < -0.39 is 11.9 Å². The molecule has 3 rings (SSSR count). The maximum atomic E-state index is 12.3. The van der Waals surface area contributed by atoms with E-state index >= 15 is 0 Å². The maximum absolute atomic E-state index is 12.3. The molecule has 0 saturated carbocycles. The number of carbonyl (C=O) groups is 2. The Morgan fingerprint density at radius 2 is 1.96 bits per heavy atom. The Kier molecular flexibility index (Phi) is 4.05. The van der Waals surface area contributed by atoms with Crippen molar-refractivity contribution in [2.24, 2.45) is 5.10 Å². The van der Waals surface area contributed by atoms with Gasteiger partial charge in [0, 0.05) is 18.6 Å². The van der Waals surface area contributed by atoms with E-state index in [4.69, 9.17) is 9.52 Å². The molecule has 0 radical (unpaired) electrons. The number of benzene rings is 1. The highest BCUT2D eigenvalue weighted by Crippen LogP contribution is 2.33. The van der Waals surface area contributed by atoms with E-state index in [-0.39, 0.29) is 6.04 Å². The fraction of sp³-hybridized carbons (Fsp3) is 0.118. The van der Waals surface area contributed by atoms with Gasteiger partial charge in [0.2, 0.25) is 0 Å². The van der Waals surface area contributed by atoms with Crippen molar-refractivity contribution in [1.82, 2.24) is 5.01 Å². The zero-order chi connectivity index (χ0) is 16.2. The van der Waals surface area contributed by atoms with Crippen LogP contribution >= 0.6 is 0 Å². The second kappa shape index (κ2) is 6.31. The summed E-state index contributed by atoms with van der Waals surface area (Å²) in [6.45, 7) is 0. The van der Waals surface area contributed by atoms with Crippen molar-refractivity contribution in [3.8, 4) is 0 Å². The first kappa shape index (κ1) is 14.8. The number of hydrogen-bond acceptors (Lipinski definition) is 4. The van der Waals surface area contributed by atoms with Crippen LogP contribution in [-0.2, 0) is 9.59 Å². The van der Waals surface area contributed by atoms with Gasteiger partial charge >= 0.3 is 5.97 Å². The van der Waals surface area contributed by atoms with Crippen molar-refractivity contribution in [2.45, 2.75) is 12.5 Å². The summed E-state index contributed by atoms with van der Waals surface area (Å²) in [6, 6.07) is 12.7. The third-order valence-corrected chi connectivity index (χ3v) is 3.48. The number of carbonyl (C=O) groups excluding carboxylic acids is 1. The lowest BCUT2D eigenvalue weighted by Gasteiger charge is -2.17. The van der Waals surface area contributed by atoms with Crippen molar-refractivity contribution < 1.29 is 19.1 Å². The molecule has 0 unspecified atom stereocenters. The lowest BCUT2D eigenvalue weighted by atomic mass is 10.0. The van der Waals surface area contributed by atoms with E-state index in [0.717, 1.165) is 23.4 Å². The van der Waals surface area contributed by atoms with E-state index in [1.165, 1.54) is 11.3 Å². The summed E-state index contributed by atoms with van der Waals surface area (Å²) < 4.78 is 5.40. The Balaban J connectivity index is 1.92. The molecule has 6 heteroatoms. The van der Waals surface area contributed by atoms with Gasteiger partial charge in [-0.1, -0.05) is 30.3 Å². The summed E-state index contributed by atoms with van der Waals surface area (Å²) >= 11 is 0. The van der Waals surface area contributed by atoms with Gasteiger partial charge in [-0.2, -0.15) is 5.10 Å². The molecule has 2 heterocycles. The van der Waals surface area contributed by atoms with Crippen LogP contribution in [-0.4, -0.2) is 27.7 Å². The molecule has 1 aliphatic rings. The first-order valence-electron chi connectivity index (χ1n) is 7.05. The first-order chi connectivity index (χ1) is 11.1. The van der Waals surface area contributed by atoms with Crippen molar-refractivity contribution in [3.63, 3.8) is 0 Å². The van der Waals surface area contributed by atoms with Gasteiger partial charge in [0.1, 0.15) is 11.8 Å². The molecular weight excluding hydrogens is 296 g/mol. The molecule has 6 nitrogen and oxygen atoms in total. The topological polar surface area (TPSA) is 83.1 Å². The number of rotatable bonds is 4. The van der Waals surface area contributed by atoms with Crippen LogP contribution in [0.5, 0.6) is 0 Å². The van der Waals surface area contributed by atoms with Crippen LogP contribution in [0.1, 0.15) is 23.8 Å². The number of hydrogen-bond donors (Lipinski definition) is 1. The van der Waals surface area contributed by atoms with Crippen LogP contribution in [0.4, 0.5) is 0 Å². The van der Waals surface area contributed by atoms with E-state index in [2.05, 4.69) is 5.10 Å². The third kappa shape index (κ3) is 3.21. The summed E-state index contributed by atoms with van der Waals surface area (Å²) in [5.41, 5.74) is 1.67. The molecule has 2 aromatic rings. The minimum absolute atomic E-state index is 0.383.